The van der Waals surface area contributed by atoms with Crippen molar-refractivity contribution < 1.29 is 19.1 Å². The number of nitrogens with one attached hydrogen (secondary N) is 1. The number of nitrogens with two attached hydrogens (primary N) is 1. The van der Waals surface area contributed by atoms with Crippen molar-refractivity contribution in [2.24, 2.45) is 5.73 Å². The van der Waals surface area contributed by atoms with Gasteiger partial charge >= 0.3 is 5.97 Å². The molecule has 90 valence electrons. The molecule has 0 atom stereocenters. The molecule has 3 N–H and O–H groups in total. The second-order valence-electron chi connectivity index (χ2n) is 3.19. The average molecular weight is 228 g/mol. The van der Waals surface area contributed by atoms with Crippen molar-refractivity contribution in [3.05, 3.63) is 12.2 Å². The molecule has 0 aromatic rings. The molecule has 0 fully saturated rings. The Hall–Kier alpha value is -1.69. The number of hydrogen-bond donors (Lipinski definition) is 2. The van der Waals surface area contributed by atoms with E-state index in [2.05, 4.69) is 11.9 Å². The summed E-state index contributed by atoms with van der Waals surface area (Å²) in [5.41, 5.74) is 5.31. The number of rotatable bonds is 7. The van der Waals surface area contributed by atoms with Gasteiger partial charge in [0, 0.05) is 12.0 Å². The lowest BCUT2D eigenvalue weighted by atomic mass is 10.3. The Morgan fingerprint density at radius 1 is 1.38 bits per heavy atom. The Bertz CT molecular complexity index is 299. The van der Waals surface area contributed by atoms with Gasteiger partial charge < -0.3 is 15.8 Å². The van der Waals surface area contributed by atoms with Crippen LogP contribution in [0.3, 0.4) is 0 Å². The number of amides is 1. The van der Waals surface area contributed by atoms with Gasteiger partial charge in [0.05, 0.1) is 19.7 Å². The molecule has 0 radical (unpaired) electrons. The molecule has 16 heavy (non-hydrogen) atoms. The number of ether oxygens (including phenoxy) is 1. The fourth-order valence-electron chi connectivity index (χ4n) is 0.738. The minimum atomic E-state index is -0.529. The van der Waals surface area contributed by atoms with E-state index >= 15 is 0 Å². The van der Waals surface area contributed by atoms with Crippen molar-refractivity contribution in [2.45, 2.75) is 13.3 Å². The Balaban J connectivity index is 3.62. The molecule has 0 bridgehead atoms. The van der Waals surface area contributed by atoms with E-state index in [0.717, 1.165) is 0 Å². The van der Waals surface area contributed by atoms with Crippen molar-refractivity contribution in [1.29, 1.82) is 0 Å². The molecular weight excluding hydrogens is 212 g/mol. The van der Waals surface area contributed by atoms with Gasteiger partial charge in [-0.25, -0.2) is 4.79 Å². The highest BCUT2D eigenvalue weighted by atomic mass is 16.5. The van der Waals surface area contributed by atoms with Crippen LogP contribution in [0.25, 0.3) is 0 Å². The van der Waals surface area contributed by atoms with Crippen molar-refractivity contribution in [3.63, 3.8) is 0 Å². The summed E-state index contributed by atoms with van der Waals surface area (Å²) in [5, 5.41) is 2.32. The van der Waals surface area contributed by atoms with Crippen LogP contribution in [-0.4, -0.2) is 37.4 Å². The van der Waals surface area contributed by atoms with Crippen LogP contribution >= 0.6 is 0 Å². The summed E-state index contributed by atoms with van der Waals surface area (Å²) >= 11 is 0. The van der Waals surface area contributed by atoms with Gasteiger partial charge in [0.15, 0.2) is 5.78 Å². The van der Waals surface area contributed by atoms with E-state index in [-0.39, 0.29) is 37.5 Å². The van der Waals surface area contributed by atoms with Crippen LogP contribution in [0.5, 0.6) is 0 Å². The lowest BCUT2D eigenvalue weighted by Crippen LogP contribution is -2.34. The van der Waals surface area contributed by atoms with Gasteiger partial charge in [0.1, 0.15) is 0 Å². The molecule has 6 nitrogen and oxygen atoms in total. The molecule has 0 saturated heterocycles. The number of ketones is 1. The van der Waals surface area contributed by atoms with Crippen molar-refractivity contribution in [1.82, 2.24) is 5.32 Å². The van der Waals surface area contributed by atoms with Crippen LogP contribution in [0.2, 0.25) is 0 Å². The fourth-order valence-corrected chi connectivity index (χ4v) is 0.738. The van der Waals surface area contributed by atoms with Gasteiger partial charge in [-0.15, -0.1) is 0 Å². The topological polar surface area (TPSA) is 98.5 Å². The molecule has 0 aromatic heterocycles. The molecule has 0 heterocycles. The molecule has 0 spiro atoms. The first-order chi connectivity index (χ1) is 7.47. The largest absolute Gasteiger partial charge is 0.462 e. The van der Waals surface area contributed by atoms with Crippen LogP contribution in [0, 0.1) is 0 Å². The smallest absolute Gasteiger partial charge is 0.333 e. The molecule has 0 rings (SSSR count). The highest BCUT2D eigenvalue weighted by molar-refractivity contribution is 5.88. The van der Waals surface area contributed by atoms with Crippen LogP contribution in [0.4, 0.5) is 0 Å². The monoisotopic (exact) mass is 228 g/mol. The lowest BCUT2D eigenvalue weighted by Gasteiger charge is -2.04. The molecule has 0 saturated carbocycles. The second-order valence-corrected chi connectivity index (χ2v) is 3.19. The molecule has 0 aromatic carbocycles. The molecular formula is C10H16N2O4. The first-order valence-electron chi connectivity index (χ1n) is 4.78. The van der Waals surface area contributed by atoms with E-state index in [1.165, 1.54) is 6.92 Å². The van der Waals surface area contributed by atoms with Crippen molar-refractivity contribution >= 4 is 17.7 Å². The Labute approximate surface area is 93.8 Å². The number of Topliss-reactive ketones (excluding diaryl/α,β-unsaturated/α-hetero) is 1. The second kappa shape index (κ2) is 7.58. The average Bonchev–Trinajstić information content (AvgIpc) is 2.25. The summed E-state index contributed by atoms with van der Waals surface area (Å²) in [6.45, 7) is 4.65. The van der Waals surface area contributed by atoms with Crippen molar-refractivity contribution in [3.8, 4) is 0 Å². The third kappa shape index (κ3) is 6.72. The highest BCUT2D eigenvalue weighted by Gasteiger charge is 2.07. The van der Waals surface area contributed by atoms with E-state index in [4.69, 9.17) is 10.5 Å². The quantitative estimate of drug-likeness (QED) is 0.436. The Morgan fingerprint density at radius 3 is 2.50 bits per heavy atom. The number of esters is 1. The van der Waals surface area contributed by atoms with Crippen molar-refractivity contribution in [2.75, 3.05) is 19.7 Å². The predicted octanol–water partition coefficient (Wildman–Crippen LogP) is -0.860. The minimum absolute atomic E-state index is 0.0109. The van der Waals surface area contributed by atoms with E-state index in [0.29, 0.717) is 0 Å². The standard InChI is InChI=1S/C10H16N2O4/c1-7(2)10(15)16-4-3-8(13)6-12-9(14)5-11/h1,3-6,11H2,2H3,(H,12,14). The van der Waals surface area contributed by atoms with Gasteiger partial charge in [-0.05, 0) is 6.92 Å². The van der Waals surface area contributed by atoms with Crippen LogP contribution < -0.4 is 11.1 Å². The summed E-state index contributed by atoms with van der Waals surface area (Å²) in [6.07, 6.45) is 0.0594. The zero-order chi connectivity index (χ0) is 12.6. The minimum Gasteiger partial charge on any atom is -0.462 e. The molecule has 1 amide bonds. The molecule has 0 unspecified atom stereocenters. The first-order valence-corrected chi connectivity index (χ1v) is 4.78. The van der Waals surface area contributed by atoms with E-state index in [1.807, 2.05) is 0 Å². The maximum atomic E-state index is 11.1. The Morgan fingerprint density at radius 2 is 2.00 bits per heavy atom. The summed E-state index contributed by atoms with van der Waals surface area (Å²) < 4.78 is 4.71. The van der Waals surface area contributed by atoms with Gasteiger partial charge in [-0.2, -0.15) is 0 Å². The first kappa shape index (κ1) is 14.3. The van der Waals surface area contributed by atoms with Crippen LogP contribution in [-0.2, 0) is 19.1 Å². The summed E-state index contributed by atoms with van der Waals surface area (Å²) in [4.78, 5) is 32.8. The Kier molecular flexibility index (Phi) is 6.78. The molecule has 0 aliphatic heterocycles. The maximum absolute atomic E-state index is 11.1. The third-order valence-electron chi connectivity index (χ3n) is 1.63. The number of carbonyl (C=O) groups excluding carboxylic acids is 3. The SMILES string of the molecule is C=C(C)C(=O)OCCC(=O)CNC(=O)CN. The van der Waals surface area contributed by atoms with Gasteiger partial charge in [0.25, 0.3) is 0 Å². The normalized spacial score (nSPS) is 9.38. The maximum Gasteiger partial charge on any atom is 0.333 e. The predicted molar refractivity (Wildman–Crippen MR) is 57.5 cm³/mol. The molecule has 0 aliphatic carbocycles. The number of hydrogen-bond acceptors (Lipinski definition) is 5. The fraction of sp³-hybridized carbons (Fsp3) is 0.500. The molecule has 6 heteroatoms. The number of carbonyl (C=O) groups is 3. The van der Waals surface area contributed by atoms with Crippen LogP contribution in [0.1, 0.15) is 13.3 Å². The summed E-state index contributed by atoms with van der Waals surface area (Å²) in [6, 6.07) is 0. The van der Waals surface area contributed by atoms with E-state index in [9.17, 15) is 14.4 Å². The molecule has 0 aliphatic rings. The van der Waals surface area contributed by atoms with E-state index in [1.54, 1.807) is 0 Å². The van der Waals surface area contributed by atoms with Gasteiger partial charge in [-0.1, -0.05) is 6.58 Å². The zero-order valence-corrected chi connectivity index (χ0v) is 9.25. The van der Waals surface area contributed by atoms with Crippen LogP contribution in [0.15, 0.2) is 12.2 Å². The summed E-state index contributed by atoms with van der Waals surface area (Å²) in [7, 11) is 0. The lowest BCUT2D eigenvalue weighted by molar-refractivity contribution is -0.139. The zero-order valence-electron chi connectivity index (χ0n) is 9.25. The summed E-state index contributed by atoms with van der Waals surface area (Å²) in [5.74, 6) is -1.15. The highest BCUT2D eigenvalue weighted by Crippen LogP contribution is 1.93. The third-order valence-corrected chi connectivity index (χ3v) is 1.63. The van der Waals surface area contributed by atoms with E-state index < -0.39 is 11.9 Å². The van der Waals surface area contributed by atoms with Gasteiger partial charge in [0.2, 0.25) is 5.91 Å². The van der Waals surface area contributed by atoms with Gasteiger partial charge in [-0.3, -0.25) is 9.59 Å².